The highest BCUT2D eigenvalue weighted by atomic mass is 16.3. The fourth-order valence-corrected chi connectivity index (χ4v) is 4.04. The molecule has 0 spiro atoms. The van der Waals surface area contributed by atoms with Crippen LogP contribution in [0.2, 0.25) is 0 Å². The van der Waals surface area contributed by atoms with Gasteiger partial charge in [-0.05, 0) is 41.3 Å². The van der Waals surface area contributed by atoms with Crippen LogP contribution in [0.4, 0.5) is 5.82 Å². The molecule has 0 atom stereocenters. The van der Waals surface area contributed by atoms with Crippen molar-refractivity contribution in [3.63, 3.8) is 0 Å². The van der Waals surface area contributed by atoms with Crippen LogP contribution in [0, 0.1) is 6.92 Å². The molecule has 0 amide bonds. The second-order valence-corrected chi connectivity index (χ2v) is 8.03. The van der Waals surface area contributed by atoms with Crippen LogP contribution in [-0.4, -0.2) is 37.1 Å². The maximum absolute atomic E-state index is 5.73. The van der Waals surface area contributed by atoms with Crippen LogP contribution < -0.4 is 4.90 Å². The van der Waals surface area contributed by atoms with E-state index in [1.807, 2.05) is 31.2 Å². The minimum atomic E-state index is 0.587. The number of aryl methyl sites for hydroxylation is 1. The maximum Gasteiger partial charge on any atom is 0.231 e. The zero-order valence-electron chi connectivity index (χ0n) is 18.7. The van der Waals surface area contributed by atoms with Crippen LogP contribution in [0.15, 0.2) is 65.3 Å². The van der Waals surface area contributed by atoms with Gasteiger partial charge in [-0.25, -0.2) is 9.97 Å². The Kier molecular flexibility index (Phi) is 5.80. The van der Waals surface area contributed by atoms with Gasteiger partial charge in [-0.15, -0.1) is 10.2 Å². The molecule has 8 heteroatoms. The van der Waals surface area contributed by atoms with Crippen molar-refractivity contribution in [3.8, 4) is 22.5 Å². The first-order valence-electron chi connectivity index (χ1n) is 11.1. The Morgan fingerprint density at radius 3 is 2.58 bits per heavy atom. The first kappa shape index (κ1) is 20.8. The molecule has 3 heterocycles. The number of tetrazole rings is 1. The van der Waals surface area contributed by atoms with Gasteiger partial charge >= 0.3 is 0 Å². The Hall–Kier alpha value is -4.07. The molecule has 3 aromatic heterocycles. The van der Waals surface area contributed by atoms with Crippen molar-refractivity contribution in [3.05, 3.63) is 72.2 Å². The second kappa shape index (κ2) is 9.20. The summed E-state index contributed by atoms with van der Waals surface area (Å²) >= 11 is 0. The average Bonchev–Trinajstić information content (AvgIpc) is 3.51. The molecule has 5 aromatic rings. The molecule has 0 aliphatic heterocycles. The smallest absolute Gasteiger partial charge is 0.231 e. The van der Waals surface area contributed by atoms with Crippen LogP contribution in [0.5, 0.6) is 0 Å². The Morgan fingerprint density at radius 1 is 1.00 bits per heavy atom. The van der Waals surface area contributed by atoms with Crippen LogP contribution >= 0.6 is 0 Å². The molecule has 166 valence electrons. The normalized spacial score (nSPS) is 11.2. The van der Waals surface area contributed by atoms with Crippen molar-refractivity contribution in [2.24, 2.45) is 0 Å². The van der Waals surface area contributed by atoms with Gasteiger partial charge in [0.1, 0.15) is 17.9 Å². The Bertz CT molecular complexity index is 1340. The molecular weight excluding hydrogens is 414 g/mol. The number of H-pyrrole nitrogens is 1. The molecule has 0 radical (unpaired) electrons. The summed E-state index contributed by atoms with van der Waals surface area (Å²) < 4.78 is 5.73. The van der Waals surface area contributed by atoms with E-state index in [0.29, 0.717) is 11.5 Å². The lowest BCUT2D eigenvalue weighted by molar-refractivity contribution is 0.566. The monoisotopic (exact) mass is 439 g/mol. The molecule has 0 saturated carbocycles. The summed E-state index contributed by atoms with van der Waals surface area (Å²) in [6.45, 7) is 5.80. The second-order valence-electron chi connectivity index (χ2n) is 8.03. The Balaban J connectivity index is 1.44. The quantitative estimate of drug-likeness (QED) is 0.355. The lowest BCUT2D eigenvalue weighted by Gasteiger charge is -2.24. The highest BCUT2D eigenvalue weighted by Gasteiger charge is 2.16. The molecule has 2 aromatic carbocycles. The molecule has 0 unspecified atom stereocenters. The first-order valence-corrected chi connectivity index (χ1v) is 11.1. The first-order chi connectivity index (χ1) is 16.2. The molecule has 1 N–H and O–H groups in total. The van der Waals surface area contributed by atoms with Gasteiger partial charge < -0.3 is 9.32 Å². The number of aromatic amines is 1. The number of hydrogen-bond acceptors (Lipinski definition) is 7. The van der Waals surface area contributed by atoms with Crippen molar-refractivity contribution < 1.29 is 4.42 Å². The summed E-state index contributed by atoms with van der Waals surface area (Å²) in [5.41, 5.74) is 4.96. The van der Waals surface area contributed by atoms with Gasteiger partial charge in [-0.1, -0.05) is 61.9 Å². The fraction of sp³-hybridized carbons (Fsp3) is 0.240. The van der Waals surface area contributed by atoms with Crippen LogP contribution in [0.3, 0.4) is 0 Å². The van der Waals surface area contributed by atoms with E-state index in [-0.39, 0.29) is 0 Å². The van der Waals surface area contributed by atoms with Crippen molar-refractivity contribution in [2.45, 2.75) is 33.2 Å². The van der Waals surface area contributed by atoms with Crippen molar-refractivity contribution in [1.82, 2.24) is 30.6 Å². The maximum atomic E-state index is 5.73. The number of benzene rings is 2. The number of rotatable bonds is 8. The van der Waals surface area contributed by atoms with Crippen LogP contribution in [-0.2, 0) is 6.54 Å². The summed E-state index contributed by atoms with van der Waals surface area (Å²) in [7, 11) is 0. The number of furan rings is 1. The number of nitrogens with zero attached hydrogens (tertiary/aromatic N) is 6. The fourth-order valence-electron chi connectivity index (χ4n) is 4.04. The van der Waals surface area contributed by atoms with Crippen molar-refractivity contribution in [2.75, 3.05) is 11.4 Å². The predicted octanol–water partition coefficient (Wildman–Crippen LogP) is 5.19. The highest BCUT2D eigenvalue weighted by molar-refractivity contribution is 5.86. The predicted molar refractivity (Wildman–Crippen MR) is 128 cm³/mol. The lowest BCUT2D eigenvalue weighted by Crippen LogP contribution is -2.25. The lowest BCUT2D eigenvalue weighted by atomic mass is 9.98. The van der Waals surface area contributed by atoms with Gasteiger partial charge in [0.05, 0.1) is 5.39 Å². The number of unbranched alkanes of at least 4 members (excludes halogenated alkanes) is 1. The van der Waals surface area contributed by atoms with Gasteiger partial charge in [0.15, 0.2) is 0 Å². The van der Waals surface area contributed by atoms with Crippen LogP contribution in [0.1, 0.15) is 31.1 Å². The van der Waals surface area contributed by atoms with Gasteiger partial charge in [0.2, 0.25) is 11.5 Å². The third-order valence-electron chi connectivity index (χ3n) is 5.66. The summed E-state index contributed by atoms with van der Waals surface area (Å²) in [6, 6.07) is 18.7. The Labute approximate surface area is 191 Å². The van der Waals surface area contributed by atoms with E-state index < -0.39 is 0 Å². The van der Waals surface area contributed by atoms with E-state index in [1.165, 1.54) is 5.56 Å². The molecule has 33 heavy (non-hydrogen) atoms. The molecule has 0 aliphatic rings. The number of fused-ring (bicyclic) bond motifs is 1. The standard InChI is InChI=1S/C25H25N7O/c1-3-4-13-32(24-22-14-17(2)33-25(22)27-16-26-24)15-18-9-11-19(12-10-18)20-7-5-6-8-21(20)23-28-30-31-29-23/h5-12,14,16H,3-4,13,15H2,1-2H3,(H,28,29,30,31). The summed E-state index contributed by atoms with van der Waals surface area (Å²) in [5, 5.41) is 15.5. The molecule has 0 fully saturated rings. The number of aromatic nitrogens is 6. The largest absolute Gasteiger partial charge is 0.443 e. The minimum absolute atomic E-state index is 0.587. The summed E-state index contributed by atoms with van der Waals surface area (Å²) in [5.74, 6) is 2.34. The van der Waals surface area contributed by atoms with Gasteiger partial charge in [-0.2, -0.15) is 5.21 Å². The number of hydrogen-bond donors (Lipinski definition) is 1. The average molecular weight is 440 g/mol. The van der Waals surface area contributed by atoms with E-state index >= 15 is 0 Å². The van der Waals surface area contributed by atoms with E-state index in [9.17, 15) is 0 Å². The highest BCUT2D eigenvalue weighted by Crippen LogP contribution is 2.31. The molecule has 8 nitrogen and oxygen atoms in total. The Morgan fingerprint density at radius 2 is 1.82 bits per heavy atom. The third kappa shape index (κ3) is 4.32. The SMILES string of the molecule is CCCCN(Cc1ccc(-c2ccccc2-c2nn[nH]n2)cc1)c1ncnc2oc(C)cc12. The molecule has 0 aliphatic carbocycles. The van der Waals surface area contributed by atoms with E-state index in [4.69, 9.17) is 4.42 Å². The van der Waals surface area contributed by atoms with Crippen molar-refractivity contribution >= 4 is 16.9 Å². The van der Waals surface area contributed by atoms with Gasteiger partial charge in [-0.3, -0.25) is 0 Å². The van der Waals surface area contributed by atoms with Gasteiger partial charge in [0.25, 0.3) is 0 Å². The van der Waals surface area contributed by atoms with E-state index in [2.05, 4.69) is 72.7 Å². The minimum Gasteiger partial charge on any atom is -0.443 e. The van der Waals surface area contributed by atoms with Gasteiger partial charge in [0, 0.05) is 18.7 Å². The number of anilines is 1. The van der Waals surface area contributed by atoms with Crippen molar-refractivity contribution in [1.29, 1.82) is 0 Å². The third-order valence-corrected chi connectivity index (χ3v) is 5.66. The zero-order valence-corrected chi connectivity index (χ0v) is 18.7. The summed E-state index contributed by atoms with van der Waals surface area (Å²) in [6.07, 6.45) is 3.77. The zero-order chi connectivity index (χ0) is 22.6. The number of nitrogens with one attached hydrogen (secondary N) is 1. The van der Waals surface area contributed by atoms with E-state index in [0.717, 1.165) is 59.6 Å². The summed E-state index contributed by atoms with van der Waals surface area (Å²) in [4.78, 5) is 11.2. The molecular formula is C25H25N7O. The topological polar surface area (TPSA) is 96.6 Å². The van der Waals surface area contributed by atoms with E-state index in [1.54, 1.807) is 6.33 Å². The molecule has 5 rings (SSSR count). The molecule has 0 bridgehead atoms. The molecule has 0 saturated heterocycles. The van der Waals surface area contributed by atoms with Crippen LogP contribution in [0.25, 0.3) is 33.6 Å².